The van der Waals surface area contributed by atoms with Crippen LogP contribution in [0.2, 0.25) is 0 Å². The van der Waals surface area contributed by atoms with Gasteiger partial charge in [0.15, 0.2) is 5.76 Å². The zero-order valence-corrected chi connectivity index (χ0v) is 17.3. The Morgan fingerprint density at radius 3 is 2.68 bits per heavy atom. The number of carbonyl (C=O) groups is 3. The molecule has 1 atom stereocenters. The molecule has 1 aromatic carbocycles. The molecule has 0 saturated carbocycles. The van der Waals surface area contributed by atoms with Gasteiger partial charge in [0.1, 0.15) is 5.76 Å². The number of nitrogens with one attached hydrogen (secondary N) is 3. The average molecular weight is 426 g/mol. The Balaban J connectivity index is 1.89. The quantitative estimate of drug-likeness (QED) is 0.188. The molecule has 164 valence electrons. The Morgan fingerprint density at radius 1 is 1.16 bits per heavy atom. The van der Waals surface area contributed by atoms with Crippen molar-refractivity contribution in [2.45, 2.75) is 39.0 Å². The molecular weight excluding hydrogens is 400 g/mol. The highest BCUT2D eigenvalue weighted by atomic mass is 16.5. The zero-order valence-electron chi connectivity index (χ0n) is 17.3. The molecule has 0 aliphatic rings. The molecule has 0 fully saturated rings. The van der Waals surface area contributed by atoms with Crippen molar-refractivity contribution in [3.8, 4) is 17.4 Å². The van der Waals surface area contributed by atoms with Crippen LogP contribution in [0.5, 0.6) is 0 Å². The van der Waals surface area contributed by atoms with Gasteiger partial charge < -0.3 is 15.1 Å². The van der Waals surface area contributed by atoms with E-state index in [2.05, 4.69) is 10.6 Å². The molecule has 9 heteroatoms. The smallest absolute Gasteiger partial charge is 0.288 e. The largest absolute Gasteiger partial charge is 0.451 e. The monoisotopic (exact) mass is 426 g/mol. The minimum atomic E-state index is -0.635. The molecule has 1 aromatic heterocycles. The summed E-state index contributed by atoms with van der Waals surface area (Å²) in [4.78, 5) is 36.1. The molecule has 0 spiro atoms. The fourth-order valence-corrected chi connectivity index (χ4v) is 3.04. The maximum Gasteiger partial charge on any atom is 0.288 e. The van der Waals surface area contributed by atoms with E-state index in [0.29, 0.717) is 23.3 Å². The summed E-state index contributed by atoms with van der Waals surface area (Å²) in [7, 11) is 0. The summed E-state index contributed by atoms with van der Waals surface area (Å²) >= 11 is 0. The number of hydrogen-bond donors (Lipinski definition) is 4. The number of carbonyl (C=O) groups excluding carboxylic acids is 3. The molecule has 31 heavy (non-hydrogen) atoms. The van der Waals surface area contributed by atoms with E-state index in [1.165, 1.54) is 6.07 Å². The van der Waals surface area contributed by atoms with Crippen LogP contribution < -0.4 is 16.1 Å². The number of rotatable bonds is 11. The van der Waals surface area contributed by atoms with Crippen LogP contribution in [0.3, 0.4) is 0 Å². The first-order valence-electron chi connectivity index (χ1n) is 10.1. The van der Waals surface area contributed by atoms with Crippen molar-refractivity contribution in [2.75, 3.05) is 6.67 Å². The van der Waals surface area contributed by atoms with Gasteiger partial charge in [-0.1, -0.05) is 38.3 Å². The number of amides is 3. The van der Waals surface area contributed by atoms with Crippen LogP contribution in [0.4, 0.5) is 0 Å². The maximum atomic E-state index is 12.4. The van der Waals surface area contributed by atoms with Crippen molar-refractivity contribution in [3.63, 3.8) is 0 Å². The van der Waals surface area contributed by atoms with Gasteiger partial charge in [0.05, 0.1) is 18.3 Å². The van der Waals surface area contributed by atoms with Crippen LogP contribution in [0.15, 0.2) is 40.8 Å². The third-order valence-corrected chi connectivity index (χ3v) is 4.70. The van der Waals surface area contributed by atoms with Gasteiger partial charge in [-0.25, -0.2) is 5.48 Å². The lowest BCUT2D eigenvalue weighted by molar-refractivity contribution is -0.135. The lowest BCUT2D eigenvalue weighted by atomic mass is 9.96. The second-order valence-corrected chi connectivity index (χ2v) is 7.01. The summed E-state index contributed by atoms with van der Waals surface area (Å²) in [6, 6.07) is 12.0. The summed E-state index contributed by atoms with van der Waals surface area (Å²) < 4.78 is 5.55. The Bertz CT molecular complexity index is 947. The molecule has 0 radical (unpaired) electrons. The molecule has 2 aromatic rings. The fourth-order valence-electron chi connectivity index (χ4n) is 3.04. The molecule has 0 unspecified atom stereocenters. The highest BCUT2D eigenvalue weighted by Gasteiger charge is 2.21. The molecule has 0 saturated heterocycles. The van der Waals surface area contributed by atoms with E-state index in [1.54, 1.807) is 35.8 Å². The van der Waals surface area contributed by atoms with Gasteiger partial charge in [-0.05, 0) is 30.7 Å². The summed E-state index contributed by atoms with van der Waals surface area (Å²) in [5.41, 5.74) is 2.69. The molecule has 4 N–H and O–H groups in total. The van der Waals surface area contributed by atoms with Gasteiger partial charge in [-0.3, -0.25) is 19.6 Å². The standard InChI is InChI=1S/C22H26N4O5/c1-2-3-4-7-17(12-20(27)26-30)21(28)24-14-25-22(29)19-10-9-18(31-19)16-8-5-6-15(11-16)13-23/h5-6,8-11,17,30H,2-4,7,12,14H2,1H3,(H,24,28)(H,25,29)(H,26,27)/t17-/m1/s1. The Labute approximate surface area is 180 Å². The predicted molar refractivity (Wildman–Crippen MR) is 112 cm³/mol. The fraction of sp³-hybridized carbons (Fsp3) is 0.364. The maximum absolute atomic E-state index is 12.4. The molecule has 9 nitrogen and oxygen atoms in total. The van der Waals surface area contributed by atoms with Gasteiger partial charge in [-0.15, -0.1) is 0 Å². The Hall–Kier alpha value is -3.64. The van der Waals surface area contributed by atoms with Gasteiger partial charge in [0, 0.05) is 17.9 Å². The minimum Gasteiger partial charge on any atom is -0.451 e. The van der Waals surface area contributed by atoms with Crippen LogP contribution in [0, 0.1) is 17.2 Å². The van der Waals surface area contributed by atoms with E-state index >= 15 is 0 Å². The van der Waals surface area contributed by atoms with E-state index in [-0.39, 0.29) is 24.8 Å². The van der Waals surface area contributed by atoms with E-state index in [9.17, 15) is 14.4 Å². The molecule has 0 bridgehead atoms. The van der Waals surface area contributed by atoms with Crippen LogP contribution in [-0.4, -0.2) is 29.6 Å². The first-order chi connectivity index (χ1) is 15.0. The number of nitriles is 1. The molecule has 3 amide bonds. The van der Waals surface area contributed by atoms with Gasteiger partial charge in [-0.2, -0.15) is 5.26 Å². The second-order valence-electron chi connectivity index (χ2n) is 7.01. The average Bonchev–Trinajstić information content (AvgIpc) is 3.28. The zero-order chi connectivity index (χ0) is 22.6. The van der Waals surface area contributed by atoms with E-state index in [1.807, 2.05) is 13.0 Å². The van der Waals surface area contributed by atoms with Crippen molar-refractivity contribution in [3.05, 3.63) is 47.7 Å². The number of unbranched alkanes of at least 4 members (excludes halogenated alkanes) is 2. The summed E-state index contributed by atoms with van der Waals surface area (Å²) in [5.74, 6) is -1.63. The van der Waals surface area contributed by atoms with E-state index < -0.39 is 17.7 Å². The SMILES string of the molecule is CCCCC[C@H](CC(=O)NO)C(=O)NCNC(=O)c1ccc(-c2cccc(C#N)c2)o1. The highest BCUT2D eigenvalue weighted by molar-refractivity contribution is 5.92. The van der Waals surface area contributed by atoms with Gasteiger partial charge in [0.25, 0.3) is 5.91 Å². The van der Waals surface area contributed by atoms with Crippen molar-refractivity contribution >= 4 is 17.7 Å². The van der Waals surface area contributed by atoms with E-state index in [0.717, 1.165) is 19.3 Å². The predicted octanol–water partition coefficient (Wildman–Crippen LogP) is 2.71. The van der Waals surface area contributed by atoms with Crippen molar-refractivity contribution in [1.82, 2.24) is 16.1 Å². The number of nitrogens with zero attached hydrogens (tertiary/aromatic N) is 1. The summed E-state index contributed by atoms with van der Waals surface area (Å²) in [5, 5.41) is 22.8. The normalized spacial score (nSPS) is 11.3. The number of hydrogen-bond acceptors (Lipinski definition) is 6. The summed E-state index contributed by atoms with van der Waals surface area (Å²) in [6.45, 7) is 1.90. The third-order valence-electron chi connectivity index (χ3n) is 4.70. The highest BCUT2D eigenvalue weighted by Crippen LogP contribution is 2.23. The van der Waals surface area contributed by atoms with E-state index in [4.69, 9.17) is 14.9 Å². The number of hydroxylamine groups is 1. The molecule has 1 heterocycles. The second kappa shape index (κ2) is 12.1. The first kappa shape index (κ1) is 23.6. The van der Waals surface area contributed by atoms with Crippen molar-refractivity contribution in [1.29, 1.82) is 5.26 Å². The minimum absolute atomic E-state index is 0.0609. The van der Waals surface area contributed by atoms with Gasteiger partial charge in [0.2, 0.25) is 11.8 Å². The Kier molecular flexibility index (Phi) is 9.26. The lowest BCUT2D eigenvalue weighted by Gasteiger charge is -2.16. The lowest BCUT2D eigenvalue weighted by Crippen LogP contribution is -2.41. The third kappa shape index (κ3) is 7.28. The van der Waals surface area contributed by atoms with Crippen LogP contribution in [-0.2, 0) is 9.59 Å². The number of benzene rings is 1. The van der Waals surface area contributed by atoms with Crippen LogP contribution in [0.1, 0.15) is 55.1 Å². The first-order valence-corrected chi connectivity index (χ1v) is 10.1. The van der Waals surface area contributed by atoms with Crippen molar-refractivity contribution < 1.29 is 24.0 Å². The molecular formula is C22H26N4O5. The van der Waals surface area contributed by atoms with Crippen LogP contribution in [0.25, 0.3) is 11.3 Å². The molecule has 0 aliphatic carbocycles. The topological polar surface area (TPSA) is 144 Å². The van der Waals surface area contributed by atoms with Gasteiger partial charge >= 0.3 is 0 Å². The molecule has 2 rings (SSSR count). The van der Waals surface area contributed by atoms with Crippen LogP contribution >= 0.6 is 0 Å². The summed E-state index contributed by atoms with van der Waals surface area (Å²) in [6.07, 6.45) is 3.05. The Morgan fingerprint density at radius 2 is 1.97 bits per heavy atom. The number of furan rings is 1. The molecule has 0 aliphatic heterocycles. The van der Waals surface area contributed by atoms with Crippen molar-refractivity contribution in [2.24, 2.45) is 5.92 Å².